The Morgan fingerprint density at radius 1 is 1.06 bits per heavy atom. The molecule has 2 fully saturated rings. The fourth-order valence-corrected chi connectivity index (χ4v) is 2.82. The molecule has 1 heterocycles. The Bertz CT molecular complexity index is 368. The third kappa shape index (κ3) is 1.91. The molecule has 102 valence electrons. The fourth-order valence-electron chi connectivity index (χ4n) is 2.82. The Balaban J connectivity index is 2.26. The van der Waals surface area contributed by atoms with E-state index in [9.17, 15) is 9.59 Å². The molecule has 0 spiro atoms. The van der Waals surface area contributed by atoms with Crippen molar-refractivity contribution in [2.45, 2.75) is 71.4 Å². The molecule has 4 nitrogen and oxygen atoms in total. The summed E-state index contributed by atoms with van der Waals surface area (Å²) in [7, 11) is 0. The van der Waals surface area contributed by atoms with Gasteiger partial charge in [0.05, 0.1) is 11.0 Å². The van der Waals surface area contributed by atoms with Crippen LogP contribution in [-0.4, -0.2) is 28.4 Å². The first kappa shape index (κ1) is 13.4. The van der Waals surface area contributed by atoms with E-state index >= 15 is 0 Å². The predicted molar refractivity (Wildman–Crippen MR) is 70.1 cm³/mol. The van der Waals surface area contributed by atoms with Crippen LogP contribution in [0.25, 0.3) is 0 Å². The molecule has 0 radical (unpaired) electrons. The largest absolute Gasteiger partial charge is 0.332 e. The summed E-state index contributed by atoms with van der Waals surface area (Å²) < 4.78 is 0. The van der Waals surface area contributed by atoms with Gasteiger partial charge < -0.3 is 5.32 Å². The summed E-state index contributed by atoms with van der Waals surface area (Å²) in [5, 5.41) is 2.99. The second kappa shape index (κ2) is 4.25. The summed E-state index contributed by atoms with van der Waals surface area (Å²) >= 11 is 0. The van der Waals surface area contributed by atoms with Crippen molar-refractivity contribution in [1.29, 1.82) is 0 Å². The number of carbonyl (C=O) groups is 2. The minimum absolute atomic E-state index is 0.0249. The van der Waals surface area contributed by atoms with Crippen molar-refractivity contribution < 1.29 is 9.59 Å². The number of nitrogens with one attached hydrogen (secondary N) is 1. The predicted octanol–water partition coefficient (Wildman–Crippen LogP) is 2.68. The van der Waals surface area contributed by atoms with Crippen LogP contribution in [0.5, 0.6) is 0 Å². The highest BCUT2D eigenvalue weighted by molar-refractivity contribution is 6.01. The van der Waals surface area contributed by atoms with Crippen LogP contribution in [0.15, 0.2) is 0 Å². The van der Waals surface area contributed by atoms with E-state index in [-0.39, 0.29) is 18.0 Å². The van der Waals surface area contributed by atoms with Crippen molar-refractivity contribution in [3.63, 3.8) is 0 Å². The lowest BCUT2D eigenvalue weighted by molar-refractivity contribution is -0.147. The maximum atomic E-state index is 12.6. The first-order valence-corrected chi connectivity index (χ1v) is 6.93. The molecule has 1 aliphatic heterocycles. The number of rotatable bonds is 1. The van der Waals surface area contributed by atoms with Crippen molar-refractivity contribution in [3.8, 4) is 0 Å². The second-order valence-corrected chi connectivity index (χ2v) is 6.65. The zero-order valence-corrected chi connectivity index (χ0v) is 11.9. The highest BCUT2D eigenvalue weighted by Gasteiger charge is 2.53. The van der Waals surface area contributed by atoms with E-state index < -0.39 is 11.0 Å². The molecule has 0 aromatic carbocycles. The summed E-state index contributed by atoms with van der Waals surface area (Å²) in [6.07, 6.45) is 5.36. The van der Waals surface area contributed by atoms with Crippen LogP contribution in [0.1, 0.15) is 59.8 Å². The molecule has 3 amide bonds. The molecule has 0 unspecified atom stereocenters. The molecular weight excluding hydrogens is 228 g/mol. The van der Waals surface area contributed by atoms with Gasteiger partial charge in [-0.1, -0.05) is 19.3 Å². The fraction of sp³-hybridized carbons (Fsp3) is 0.857. The van der Waals surface area contributed by atoms with Gasteiger partial charge in [-0.15, -0.1) is 0 Å². The lowest BCUT2D eigenvalue weighted by atomic mass is 9.71. The zero-order chi connectivity index (χ0) is 13.6. The average molecular weight is 252 g/mol. The van der Waals surface area contributed by atoms with Gasteiger partial charge in [0, 0.05) is 6.04 Å². The highest BCUT2D eigenvalue weighted by Crippen LogP contribution is 2.38. The zero-order valence-electron chi connectivity index (χ0n) is 11.9. The summed E-state index contributed by atoms with van der Waals surface area (Å²) in [5.74, 6) is -0.0249. The average Bonchev–Trinajstić information content (AvgIpc) is 2.28. The first-order valence-electron chi connectivity index (χ1n) is 6.93. The molecule has 1 saturated carbocycles. The Hall–Kier alpha value is -1.06. The maximum Gasteiger partial charge on any atom is 0.324 e. The summed E-state index contributed by atoms with van der Waals surface area (Å²) in [4.78, 5) is 26.3. The van der Waals surface area contributed by atoms with Crippen LogP contribution >= 0.6 is 0 Å². The molecule has 1 aliphatic carbocycles. The Morgan fingerprint density at radius 3 is 2.17 bits per heavy atom. The highest BCUT2D eigenvalue weighted by atomic mass is 16.2. The van der Waals surface area contributed by atoms with Crippen LogP contribution in [0.3, 0.4) is 0 Å². The molecule has 1 saturated heterocycles. The van der Waals surface area contributed by atoms with Gasteiger partial charge in [0.1, 0.15) is 0 Å². The van der Waals surface area contributed by atoms with Gasteiger partial charge in [0.15, 0.2) is 0 Å². The topological polar surface area (TPSA) is 49.4 Å². The monoisotopic (exact) mass is 252 g/mol. The van der Waals surface area contributed by atoms with Gasteiger partial charge in [-0.25, -0.2) is 4.79 Å². The Labute approximate surface area is 109 Å². The molecule has 1 N–H and O–H groups in total. The first-order chi connectivity index (χ1) is 8.27. The number of urea groups is 1. The van der Waals surface area contributed by atoms with E-state index in [1.807, 2.05) is 27.7 Å². The smallest absolute Gasteiger partial charge is 0.324 e. The molecule has 2 rings (SSSR count). The van der Waals surface area contributed by atoms with E-state index in [4.69, 9.17) is 0 Å². The van der Waals surface area contributed by atoms with Crippen LogP contribution in [0.4, 0.5) is 4.79 Å². The third-order valence-corrected chi connectivity index (χ3v) is 4.89. The molecule has 0 aromatic heterocycles. The number of hydrogen-bond acceptors (Lipinski definition) is 2. The van der Waals surface area contributed by atoms with E-state index in [0.29, 0.717) is 0 Å². The Kier molecular flexibility index (Phi) is 3.16. The van der Waals surface area contributed by atoms with Crippen molar-refractivity contribution in [3.05, 3.63) is 0 Å². The van der Waals surface area contributed by atoms with Crippen LogP contribution in [0, 0.1) is 5.41 Å². The van der Waals surface area contributed by atoms with E-state index in [1.54, 1.807) is 0 Å². The minimum atomic E-state index is -0.557. The van der Waals surface area contributed by atoms with Gasteiger partial charge in [0.25, 0.3) is 0 Å². The molecular formula is C14H24N2O2. The SMILES string of the molecule is CC1(C)NC(=O)N(C2CCCCC2)C(=O)C1(C)C. The standard InChI is InChI=1S/C14H24N2O2/c1-13(2)11(17)16(10-8-6-5-7-9-10)12(18)15-14(13,3)4/h10H,5-9H2,1-4H3,(H,15,18). The molecule has 0 atom stereocenters. The molecule has 2 aliphatic rings. The van der Waals surface area contributed by atoms with E-state index in [1.165, 1.54) is 11.3 Å². The molecule has 18 heavy (non-hydrogen) atoms. The van der Waals surface area contributed by atoms with E-state index in [2.05, 4.69) is 5.32 Å². The van der Waals surface area contributed by atoms with Crippen LogP contribution in [0.2, 0.25) is 0 Å². The van der Waals surface area contributed by atoms with Gasteiger partial charge >= 0.3 is 6.03 Å². The van der Waals surface area contributed by atoms with Crippen molar-refractivity contribution in [2.24, 2.45) is 5.41 Å². The van der Waals surface area contributed by atoms with E-state index in [0.717, 1.165) is 25.7 Å². The third-order valence-electron chi connectivity index (χ3n) is 4.89. The van der Waals surface area contributed by atoms with Gasteiger partial charge in [0.2, 0.25) is 5.91 Å². The van der Waals surface area contributed by atoms with Crippen molar-refractivity contribution >= 4 is 11.9 Å². The van der Waals surface area contributed by atoms with Crippen LogP contribution in [-0.2, 0) is 4.79 Å². The summed E-state index contributed by atoms with van der Waals surface area (Å²) in [6.45, 7) is 7.68. The number of imide groups is 1. The van der Waals surface area contributed by atoms with Crippen molar-refractivity contribution in [1.82, 2.24) is 10.2 Å². The number of amides is 3. The quantitative estimate of drug-likeness (QED) is 0.780. The Morgan fingerprint density at radius 2 is 1.61 bits per heavy atom. The summed E-state index contributed by atoms with van der Waals surface area (Å²) in [6, 6.07) is -0.113. The number of hydrogen-bond donors (Lipinski definition) is 1. The molecule has 0 aromatic rings. The van der Waals surface area contributed by atoms with Gasteiger partial charge in [-0.05, 0) is 40.5 Å². The van der Waals surface area contributed by atoms with Gasteiger partial charge in [-0.3, -0.25) is 9.69 Å². The van der Waals surface area contributed by atoms with Crippen LogP contribution < -0.4 is 5.32 Å². The van der Waals surface area contributed by atoms with Gasteiger partial charge in [-0.2, -0.15) is 0 Å². The minimum Gasteiger partial charge on any atom is -0.332 e. The maximum absolute atomic E-state index is 12.6. The lowest BCUT2D eigenvalue weighted by Crippen LogP contribution is -2.70. The lowest BCUT2D eigenvalue weighted by Gasteiger charge is -2.50. The number of nitrogens with zero attached hydrogens (tertiary/aromatic N) is 1. The van der Waals surface area contributed by atoms with Crippen molar-refractivity contribution in [2.75, 3.05) is 0 Å². The number of carbonyl (C=O) groups excluding carboxylic acids is 2. The molecule has 0 bridgehead atoms. The summed E-state index contributed by atoms with van der Waals surface area (Å²) in [5.41, 5.74) is -1.05. The molecule has 4 heteroatoms. The second-order valence-electron chi connectivity index (χ2n) is 6.65. The normalized spacial score (nSPS) is 28.1.